The summed E-state index contributed by atoms with van der Waals surface area (Å²) in [5.41, 5.74) is 6.51. The highest BCUT2D eigenvalue weighted by Gasteiger charge is 2.35. The first kappa shape index (κ1) is 13.4. The maximum atomic E-state index is 12.5. The molecule has 6 heteroatoms. The van der Waals surface area contributed by atoms with Gasteiger partial charge in [0.15, 0.2) is 0 Å². The van der Waals surface area contributed by atoms with E-state index in [-0.39, 0.29) is 17.9 Å². The number of carbonyl (C=O) groups is 2. The van der Waals surface area contributed by atoms with Crippen LogP contribution in [0.4, 0.5) is 5.69 Å². The van der Waals surface area contributed by atoms with Gasteiger partial charge in [0.25, 0.3) is 5.91 Å². The molecule has 0 saturated carbocycles. The highest BCUT2D eigenvalue weighted by Crippen LogP contribution is 2.29. The molecule has 20 heavy (non-hydrogen) atoms. The lowest BCUT2D eigenvalue weighted by atomic mass is 9.85. The second kappa shape index (κ2) is 5.09. The number of nitrogens with one attached hydrogen (secondary N) is 1. The van der Waals surface area contributed by atoms with Crippen LogP contribution in [-0.4, -0.2) is 35.8 Å². The summed E-state index contributed by atoms with van der Waals surface area (Å²) in [6, 6.07) is 2.02. The zero-order valence-corrected chi connectivity index (χ0v) is 12.3. The average molecular weight is 293 g/mol. The van der Waals surface area contributed by atoms with Gasteiger partial charge >= 0.3 is 0 Å². The summed E-state index contributed by atoms with van der Waals surface area (Å²) in [5.74, 6) is 0.613. The summed E-state index contributed by atoms with van der Waals surface area (Å²) in [4.78, 5) is 27.5. The van der Waals surface area contributed by atoms with Crippen molar-refractivity contribution in [3.63, 3.8) is 0 Å². The van der Waals surface area contributed by atoms with Crippen LogP contribution in [0.2, 0.25) is 0 Å². The van der Waals surface area contributed by atoms with E-state index in [1.54, 1.807) is 6.07 Å². The van der Waals surface area contributed by atoms with Crippen molar-refractivity contribution in [2.45, 2.75) is 32.2 Å². The minimum Gasteiger partial charge on any atom is -0.398 e. The number of fused-ring (bicyclic) bond motifs is 1. The van der Waals surface area contributed by atoms with Crippen LogP contribution >= 0.6 is 11.3 Å². The molecule has 0 radical (unpaired) electrons. The summed E-state index contributed by atoms with van der Waals surface area (Å²) in [6.45, 7) is 3.37. The second-order valence-electron chi connectivity index (χ2n) is 5.63. The van der Waals surface area contributed by atoms with Gasteiger partial charge < -0.3 is 16.0 Å². The minimum absolute atomic E-state index is 0.0742. The van der Waals surface area contributed by atoms with E-state index in [0.717, 1.165) is 29.1 Å². The molecule has 0 bridgehead atoms. The molecule has 2 saturated heterocycles. The molecule has 2 aliphatic rings. The maximum absolute atomic E-state index is 12.5. The van der Waals surface area contributed by atoms with Crippen LogP contribution in [0.1, 0.15) is 33.8 Å². The number of thiophene rings is 1. The fourth-order valence-corrected chi connectivity index (χ4v) is 3.96. The molecular formula is C14H19N3O2S. The number of piperidine rings is 2. The van der Waals surface area contributed by atoms with E-state index in [1.807, 2.05) is 11.8 Å². The molecule has 2 aliphatic heterocycles. The number of rotatable bonds is 1. The van der Waals surface area contributed by atoms with E-state index in [0.29, 0.717) is 24.6 Å². The lowest BCUT2D eigenvalue weighted by molar-refractivity contribution is -0.125. The normalized spacial score (nSPS) is 26.1. The van der Waals surface area contributed by atoms with Crippen LogP contribution in [0.25, 0.3) is 0 Å². The first-order chi connectivity index (χ1) is 9.54. The molecule has 108 valence electrons. The van der Waals surface area contributed by atoms with E-state index in [2.05, 4.69) is 5.32 Å². The van der Waals surface area contributed by atoms with Gasteiger partial charge in [-0.25, -0.2) is 0 Å². The molecule has 3 rings (SSSR count). The van der Waals surface area contributed by atoms with Crippen molar-refractivity contribution in [2.75, 3.05) is 18.8 Å². The minimum atomic E-state index is 0.0742. The van der Waals surface area contributed by atoms with E-state index in [1.165, 1.54) is 11.3 Å². The number of nitrogens with zero attached hydrogens (tertiary/aromatic N) is 1. The quantitative estimate of drug-likeness (QED) is 0.821. The van der Waals surface area contributed by atoms with Gasteiger partial charge in [0.1, 0.15) is 0 Å². The molecule has 3 heterocycles. The fourth-order valence-electron chi connectivity index (χ4n) is 3.05. The predicted molar refractivity (Wildman–Crippen MR) is 78.6 cm³/mol. The summed E-state index contributed by atoms with van der Waals surface area (Å²) in [5, 5.41) is 3.04. The molecule has 0 aliphatic carbocycles. The van der Waals surface area contributed by atoms with Crippen molar-refractivity contribution < 1.29 is 9.59 Å². The molecule has 2 amide bonds. The van der Waals surface area contributed by atoms with Gasteiger partial charge in [0.2, 0.25) is 5.91 Å². The second-order valence-corrected chi connectivity index (χ2v) is 6.89. The number of nitrogen functional groups attached to an aromatic ring is 1. The molecule has 5 nitrogen and oxygen atoms in total. The predicted octanol–water partition coefficient (Wildman–Crippen LogP) is 1.38. The van der Waals surface area contributed by atoms with Crippen molar-refractivity contribution in [1.82, 2.24) is 10.2 Å². The Labute approximate surface area is 122 Å². The van der Waals surface area contributed by atoms with Gasteiger partial charge in [-0.15, -0.1) is 11.3 Å². The van der Waals surface area contributed by atoms with Crippen LogP contribution in [-0.2, 0) is 4.79 Å². The number of aryl methyl sites for hydroxylation is 1. The number of hydrogen-bond acceptors (Lipinski definition) is 4. The van der Waals surface area contributed by atoms with E-state index < -0.39 is 0 Å². The smallest absolute Gasteiger partial charge is 0.264 e. The highest BCUT2D eigenvalue weighted by atomic mass is 32.1. The SMILES string of the molecule is Cc1sc(C(=O)N2CCC3NC(=O)CCC3C2)cc1N. The largest absolute Gasteiger partial charge is 0.398 e. The first-order valence-corrected chi connectivity index (χ1v) is 7.81. The third-order valence-corrected chi connectivity index (χ3v) is 5.33. The lowest BCUT2D eigenvalue weighted by Crippen LogP contribution is -2.55. The van der Waals surface area contributed by atoms with Crippen molar-refractivity contribution >= 4 is 28.8 Å². The van der Waals surface area contributed by atoms with Gasteiger partial charge in [-0.05, 0) is 31.7 Å². The highest BCUT2D eigenvalue weighted by molar-refractivity contribution is 7.14. The zero-order chi connectivity index (χ0) is 14.3. The number of carbonyl (C=O) groups excluding carboxylic acids is 2. The van der Waals surface area contributed by atoms with Gasteiger partial charge in [-0.2, -0.15) is 0 Å². The molecule has 2 atom stereocenters. The van der Waals surface area contributed by atoms with E-state index in [4.69, 9.17) is 5.73 Å². The first-order valence-electron chi connectivity index (χ1n) is 6.99. The monoisotopic (exact) mass is 293 g/mol. The molecular weight excluding hydrogens is 274 g/mol. The molecule has 3 N–H and O–H groups in total. The lowest BCUT2D eigenvalue weighted by Gasteiger charge is -2.41. The van der Waals surface area contributed by atoms with Crippen LogP contribution in [0.3, 0.4) is 0 Å². The zero-order valence-electron chi connectivity index (χ0n) is 11.5. The van der Waals surface area contributed by atoms with Crippen LogP contribution in [0.5, 0.6) is 0 Å². The number of anilines is 1. The van der Waals surface area contributed by atoms with Crippen LogP contribution in [0.15, 0.2) is 6.07 Å². The average Bonchev–Trinajstić information content (AvgIpc) is 2.77. The van der Waals surface area contributed by atoms with Gasteiger partial charge in [0, 0.05) is 36.1 Å². The van der Waals surface area contributed by atoms with Crippen molar-refractivity contribution in [3.8, 4) is 0 Å². The Morgan fingerprint density at radius 2 is 2.30 bits per heavy atom. The standard InChI is InChI=1S/C14H19N3O2S/c1-8-10(15)6-12(20-8)14(19)17-5-4-11-9(7-17)2-3-13(18)16-11/h6,9,11H,2-5,7,15H2,1H3,(H,16,18). The molecule has 2 fully saturated rings. The Morgan fingerprint density at radius 1 is 1.50 bits per heavy atom. The Morgan fingerprint density at radius 3 is 3.00 bits per heavy atom. The molecule has 2 unspecified atom stereocenters. The summed E-state index contributed by atoms with van der Waals surface area (Å²) in [7, 11) is 0. The molecule has 0 aromatic carbocycles. The Hall–Kier alpha value is -1.56. The van der Waals surface area contributed by atoms with Crippen molar-refractivity contribution in [1.29, 1.82) is 0 Å². The molecule has 1 aromatic rings. The van der Waals surface area contributed by atoms with Crippen LogP contribution < -0.4 is 11.1 Å². The number of likely N-dealkylation sites (tertiary alicyclic amines) is 1. The number of nitrogens with two attached hydrogens (primary N) is 1. The Kier molecular flexibility index (Phi) is 3.41. The third-order valence-electron chi connectivity index (χ3n) is 4.28. The molecule has 1 aromatic heterocycles. The van der Waals surface area contributed by atoms with Crippen LogP contribution in [0, 0.1) is 12.8 Å². The summed E-state index contributed by atoms with van der Waals surface area (Å²) >= 11 is 1.46. The fraction of sp³-hybridized carbons (Fsp3) is 0.571. The van der Waals surface area contributed by atoms with E-state index in [9.17, 15) is 9.59 Å². The van der Waals surface area contributed by atoms with Crippen molar-refractivity contribution in [3.05, 3.63) is 15.8 Å². The Bertz CT molecular complexity index is 535. The topological polar surface area (TPSA) is 75.4 Å². The summed E-state index contributed by atoms with van der Waals surface area (Å²) in [6.07, 6.45) is 2.31. The number of amides is 2. The maximum Gasteiger partial charge on any atom is 0.264 e. The number of hydrogen-bond donors (Lipinski definition) is 2. The summed E-state index contributed by atoms with van der Waals surface area (Å²) < 4.78 is 0. The van der Waals surface area contributed by atoms with Gasteiger partial charge in [0.05, 0.1) is 4.88 Å². The van der Waals surface area contributed by atoms with Gasteiger partial charge in [-0.1, -0.05) is 0 Å². The van der Waals surface area contributed by atoms with Gasteiger partial charge in [-0.3, -0.25) is 9.59 Å². The van der Waals surface area contributed by atoms with Crippen molar-refractivity contribution in [2.24, 2.45) is 5.92 Å². The Balaban J connectivity index is 1.70. The van der Waals surface area contributed by atoms with E-state index >= 15 is 0 Å². The molecule has 0 spiro atoms. The third kappa shape index (κ3) is 2.40.